The van der Waals surface area contributed by atoms with E-state index < -0.39 is 0 Å². The van der Waals surface area contributed by atoms with E-state index in [0.29, 0.717) is 12.4 Å². The number of cyclic esters (lactones) is 1. The van der Waals surface area contributed by atoms with Crippen molar-refractivity contribution in [2.75, 3.05) is 13.7 Å². The fourth-order valence-corrected chi connectivity index (χ4v) is 0.828. The molecule has 3 nitrogen and oxygen atoms in total. The number of hydrogen-bond acceptors (Lipinski definition) is 3. The first-order valence-electron chi connectivity index (χ1n) is 3.33. The standard InChI is InChI=1S/C8H10O3/c1-6-5-8(9)11-7(6)3-4-10-2/h3,5H,4H2,1-2H3. The zero-order valence-corrected chi connectivity index (χ0v) is 6.59. The molecule has 0 bridgehead atoms. The molecule has 0 aromatic rings. The van der Waals surface area contributed by atoms with E-state index in [-0.39, 0.29) is 5.97 Å². The SMILES string of the molecule is COCC=C1OC(=O)C=C1C. The Hall–Kier alpha value is -1.09. The van der Waals surface area contributed by atoms with Gasteiger partial charge >= 0.3 is 5.97 Å². The summed E-state index contributed by atoms with van der Waals surface area (Å²) < 4.78 is 9.62. The molecule has 11 heavy (non-hydrogen) atoms. The molecule has 1 heterocycles. The molecule has 1 aliphatic rings. The lowest BCUT2D eigenvalue weighted by Crippen LogP contribution is -1.93. The molecule has 0 fully saturated rings. The van der Waals surface area contributed by atoms with Gasteiger partial charge in [-0.15, -0.1) is 0 Å². The number of ether oxygens (including phenoxy) is 2. The van der Waals surface area contributed by atoms with Crippen LogP contribution < -0.4 is 0 Å². The molecule has 0 saturated heterocycles. The fourth-order valence-electron chi connectivity index (χ4n) is 0.828. The van der Waals surface area contributed by atoms with Crippen molar-refractivity contribution in [1.29, 1.82) is 0 Å². The Labute approximate surface area is 65.3 Å². The minimum absolute atomic E-state index is 0.301. The van der Waals surface area contributed by atoms with Crippen LogP contribution in [0.15, 0.2) is 23.5 Å². The molecule has 0 aromatic heterocycles. The summed E-state index contributed by atoms with van der Waals surface area (Å²) in [7, 11) is 1.59. The predicted molar refractivity (Wildman–Crippen MR) is 39.8 cm³/mol. The smallest absolute Gasteiger partial charge is 0.336 e. The van der Waals surface area contributed by atoms with Crippen LogP contribution in [0.3, 0.4) is 0 Å². The summed E-state index contributed by atoms with van der Waals surface area (Å²) in [5.41, 5.74) is 0.854. The molecule has 1 rings (SSSR count). The van der Waals surface area contributed by atoms with E-state index in [2.05, 4.69) is 0 Å². The zero-order chi connectivity index (χ0) is 8.27. The van der Waals surface area contributed by atoms with Gasteiger partial charge in [-0.1, -0.05) is 0 Å². The second-order valence-corrected chi connectivity index (χ2v) is 2.27. The minimum Gasteiger partial charge on any atom is -0.423 e. The molecule has 0 spiro atoms. The summed E-state index contributed by atoms with van der Waals surface area (Å²) in [6.45, 7) is 2.29. The number of carbonyl (C=O) groups excluding carboxylic acids is 1. The van der Waals surface area contributed by atoms with Gasteiger partial charge in [0, 0.05) is 13.2 Å². The summed E-state index contributed by atoms with van der Waals surface area (Å²) in [5.74, 6) is 0.307. The highest BCUT2D eigenvalue weighted by molar-refractivity contribution is 5.88. The average molecular weight is 154 g/mol. The molecule has 1 aliphatic heterocycles. The van der Waals surface area contributed by atoms with Gasteiger partial charge in [-0.25, -0.2) is 4.79 Å². The predicted octanol–water partition coefficient (Wildman–Crippen LogP) is 1.02. The third-order valence-corrected chi connectivity index (χ3v) is 1.37. The van der Waals surface area contributed by atoms with E-state index in [4.69, 9.17) is 9.47 Å². The van der Waals surface area contributed by atoms with E-state index in [0.717, 1.165) is 5.57 Å². The van der Waals surface area contributed by atoms with Crippen molar-refractivity contribution < 1.29 is 14.3 Å². The summed E-state index contributed by atoms with van der Waals surface area (Å²) in [6.07, 6.45) is 3.19. The van der Waals surface area contributed by atoms with Gasteiger partial charge in [0.15, 0.2) is 0 Å². The largest absolute Gasteiger partial charge is 0.423 e. The Morgan fingerprint density at radius 1 is 1.73 bits per heavy atom. The molecule has 0 amide bonds. The van der Waals surface area contributed by atoms with Crippen molar-refractivity contribution in [3.8, 4) is 0 Å². The molecule has 3 heteroatoms. The average Bonchev–Trinajstić information content (AvgIpc) is 2.26. The summed E-state index contributed by atoms with van der Waals surface area (Å²) in [4.78, 5) is 10.6. The molecule has 0 unspecified atom stereocenters. The Kier molecular flexibility index (Phi) is 2.44. The highest BCUT2D eigenvalue weighted by Crippen LogP contribution is 2.17. The van der Waals surface area contributed by atoms with Crippen molar-refractivity contribution in [3.05, 3.63) is 23.5 Å². The summed E-state index contributed by atoms with van der Waals surface area (Å²) >= 11 is 0. The van der Waals surface area contributed by atoms with Crippen LogP contribution in [-0.4, -0.2) is 19.7 Å². The number of methoxy groups -OCH3 is 1. The Morgan fingerprint density at radius 2 is 2.45 bits per heavy atom. The first-order chi connectivity index (χ1) is 5.24. The third kappa shape index (κ3) is 1.91. The van der Waals surface area contributed by atoms with E-state index in [9.17, 15) is 4.79 Å². The molecule has 0 atom stereocenters. The van der Waals surface area contributed by atoms with Crippen LogP contribution in [0.25, 0.3) is 0 Å². The Balaban J connectivity index is 2.63. The van der Waals surface area contributed by atoms with Crippen LogP contribution in [0, 0.1) is 0 Å². The number of rotatable bonds is 2. The summed E-state index contributed by atoms with van der Waals surface area (Å²) in [5, 5.41) is 0. The maximum atomic E-state index is 10.6. The lowest BCUT2D eigenvalue weighted by Gasteiger charge is -1.97. The van der Waals surface area contributed by atoms with Gasteiger partial charge in [0.05, 0.1) is 6.61 Å². The molecule has 0 radical (unpaired) electrons. The van der Waals surface area contributed by atoms with E-state index in [1.807, 2.05) is 6.92 Å². The van der Waals surface area contributed by atoms with Crippen molar-refractivity contribution in [3.63, 3.8) is 0 Å². The molecular weight excluding hydrogens is 144 g/mol. The van der Waals surface area contributed by atoms with Crippen LogP contribution in [0.2, 0.25) is 0 Å². The third-order valence-electron chi connectivity index (χ3n) is 1.37. The maximum absolute atomic E-state index is 10.6. The monoisotopic (exact) mass is 154 g/mol. The molecule has 60 valence electrons. The fraction of sp³-hybridized carbons (Fsp3) is 0.375. The molecule has 0 N–H and O–H groups in total. The first-order valence-corrected chi connectivity index (χ1v) is 3.33. The Morgan fingerprint density at radius 3 is 2.91 bits per heavy atom. The van der Waals surface area contributed by atoms with Gasteiger partial charge in [0.25, 0.3) is 0 Å². The van der Waals surface area contributed by atoms with Crippen molar-refractivity contribution >= 4 is 5.97 Å². The second kappa shape index (κ2) is 3.34. The van der Waals surface area contributed by atoms with Gasteiger partial charge in [0.1, 0.15) is 5.76 Å². The van der Waals surface area contributed by atoms with Crippen LogP contribution in [0.1, 0.15) is 6.92 Å². The van der Waals surface area contributed by atoms with Crippen LogP contribution in [-0.2, 0) is 14.3 Å². The maximum Gasteiger partial charge on any atom is 0.336 e. The van der Waals surface area contributed by atoms with Crippen LogP contribution in [0.5, 0.6) is 0 Å². The summed E-state index contributed by atoms with van der Waals surface area (Å²) in [6, 6.07) is 0. The van der Waals surface area contributed by atoms with Gasteiger partial charge in [0.2, 0.25) is 0 Å². The zero-order valence-electron chi connectivity index (χ0n) is 6.59. The topological polar surface area (TPSA) is 35.5 Å². The molecule has 0 aliphatic carbocycles. The number of esters is 1. The number of carbonyl (C=O) groups is 1. The van der Waals surface area contributed by atoms with Gasteiger partial charge < -0.3 is 9.47 Å². The quantitative estimate of drug-likeness (QED) is 0.557. The van der Waals surface area contributed by atoms with Crippen molar-refractivity contribution in [2.45, 2.75) is 6.92 Å². The van der Waals surface area contributed by atoms with Crippen molar-refractivity contribution in [2.24, 2.45) is 0 Å². The highest BCUT2D eigenvalue weighted by atomic mass is 16.5. The lowest BCUT2D eigenvalue weighted by atomic mass is 10.2. The van der Waals surface area contributed by atoms with Crippen LogP contribution >= 0.6 is 0 Å². The highest BCUT2D eigenvalue weighted by Gasteiger charge is 2.14. The van der Waals surface area contributed by atoms with E-state index in [1.165, 1.54) is 6.08 Å². The van der Waals surface area contributed by atoms with E-state index >= 15 is 0 Å². The molecule has 0 aromatic carbocycles. The van der Waals surface area contributed by atoms with Crippen LogP contribution in [0.4, 0.5) is 0 Å². The normalized spacial score (nSPS) is 20.4. The van der Waals surface area contributed by atoms with E-state index in [1.54, 1.807) is 13.2 Å². The minimum atomic E-state index is -0.301. The first kappa shape index (κ1) is 8.01. The van der Waals surface area contributed by atoms with Gasteiger partial charge in [-0.3, -0.25) is 0 Å². The molecular formula is C8H10O3. The van der Waals surface area contributed by atoms with Gasteiger partial charge in [-0.2, -0.15) is 0 Å². The number of allylic oxidation sites excluding steroid dienone is 1. The Bertz CT molecular complexity index is 225. The molecule has 0 saturated carbocycles. The second-order valence-electron chi connectivity index (χ2n) is 2.27. The van der Waals surface area contributed by atoms with Crippen molar-refractivity contribution in [1.82, 2.24) is 0 Å². The van der Waals surface area contributed by atoms with Gasteiger partial charge in [-0.05, 0) is 18.6 Å². The lowest BCUT2D eigenvalue weighted by molar-refractivity contribution is -0.132. The number of hydrogen-bond donors (Lipinski definition) is 0.